The topological polar surface area (TPSA) is 129 Å². The van der Waals surface area contributed by atoms with Crippen molar-refractivity contribution in [3.63, 3.8) is 0 Å². The molecule has 0 fully saturated rings. The number of anilines is 2. The number of quaternary nitrogens is 1. The van der Waals surface area contributed by atoms with E-state index in [1.807, 2.05) is 18.9 Å². The third kappa shape index (κ3) is 4.47. The number of hydrogen-bond donors (Lipinski definition) is 3. The minimum Gasteiger partial charge on any atom is -0.462 e. The van der Waals surface area contributed by atoms with Crippen LogP contribution in [0.1, 0.15) is 13.8 Å². The number of ether oxygens (including phenoxy) is 1. The molecule has 0 aliphatic heterocycles. The van der Waals surface area contributed by atoms with Gasteiger partial charge in [-0.15, -0.1) is 5.10 Å². The van der Waals surface area contributed by atoms with Gasteiger partial charge in [0.25, 0.3) is 0 Å². The molecule has 4 N–H and O–H groups in total. The molecule has 144 valence electrons. The second-order valence-electron chi connectivity index (χ2n) is 5.58. The molecule has 0 atom stereocenters. The minimum atomic E-state index is -0.712. The maximum atomic E-state index is 12.6. The number of esters is 1. The number of amides is 1. The fourth-order valence-corrected chi connectivity index (χ4v) is 2.31. The smallest absolute Gasteiger partial charge is 0.346 e. The summed E-state index contributed by atoms with van der Waals surface area (Å²) in [5, 5.41) is 16.0. The van der Waals surface area contributed by atoms with Crippen LogP contribution in [0, 0.1) is 5.41 Å². The Hall–Kier alpha value is -3.27. The molecule has 1 amide bonds. The molecular formula is C17H24N7O3+. The lowest BCUT2D eigenvalue weighted by molar-refractivity contribution is -0.570. The van der Waals surface area contributed by atoms with Crippen molar-refractivity contribution in [1.82, 2.24) is 14.6 Å². The van der Waals surface area contributed by atoms with E-state index >= 15 is 0 Å². The van der Waals surface area contributed by atoms with Crippen LogP contribution < -0.4 is 15.5 Å². The molecule has 0 spiro atoms. The van der Waals surface area contributed by atoms with Crippen LogP contribution in [0.15, 0.2) is 29.6 Å². The summed E-state index contributed by atoms with van der Waals surface area (Å²) in [7, 11) is 3.51. The van der Waals surface area contributed by atoms with E-state index in [4.69, 9.17) is 10.1 Å². The van der Waals surface area contributed by atoms with Gasteiger partial charge in [0.1, 0.15) is 5.57 Å². The van der Waals surface area contributed by atoms with Crippen molar-refractivity contribution in [3.8, 4) is 0 Å². The predicted octanol–water partition coefficient (Wildman–Crippen LogP) is -0.216. The first-order valence-corrected chi connectivity index (χ1v) is 8.55. The summed E-state index contributed by atoms with van der Waals surface area (Å²) in [6.07, 6.45) is 2.51. The molecular weight excluding hydrogens is 350 g/mol. The average Bonchev–Trinajstić information content (AvgIpc) is 3.08. The Balaban J connectivity index is 2.29. The van der Waals surface area contributed by atoms with E-state index in [-0.39, 0.29) is 17.9 Å². The van der Waals surface area contributed by atoms with Crippen LogP contribution in [0.25, 0.3) is 5.65 Å². The number of hydrogen-bond acceptors (Lipinski definition) is 7. The second-order valence-corrected chi connectivity index (χ2v) is 5.58. The van der Waals surface area contributed by atoms with Crippen LogP contribution in [-0.2, 0) is 14.3 Å². The van der Waals surface area contributed by atoms with Gasteiger partial charge in [-0.1, -0.05) is 0 Å². The van der Waals surface area contributed by atoms with Gasteiger partial charge in [0.15, 0.2) is 5.65 Å². The summed E-state index contributed by atoms with van der Waals surface area (Å²) in [6.45, 7) is 4.58. The first-order valence-electron chi connectivity index (χ1n) is 8.55. The SMILES string of the molecule is CCOC(=O)/C(C=N)=C(/[NH2+]C)C(=O)Nc1ccn2nc(N(C)CC)nc2c1. The maximum Gasteiger partial charge on any atom is 0.346 e. The number of pyridine rings is 1. The normalized spacial score (nSPS) is 11.7. The Labute approximate surface area is 156 Å². The van der Waals surface area contributed by atoms with E-state index in [0.717, 1.165) is 12.8 Å². The van der Waals surface area contributed by atoms with Crippen molar-refractivity contribution in [2.75, 3.05) is 37.5 Å². The molecule has 2 aromatic rings. The summed E-state index contributed by atoms with van der Waals surface area (Å²) in [5.74, 6) is -0.647. The van der Waals surface area contributed by atoms with Crippen LogP contribution in [-0.4, -0.2) is 59.9 Å². The summed E-state index contributed by atoms with van der Waals surface area (Å²) < 4.78 is 6.51. The molecule has 0 radical (unpaired) electrons. The van der Waals surface area contributed by atoms with E-state index in [1.165, 1.54) is 5.32 Å². The summed E-state index contributed by atoms with van der Waals surface area (Å²) in [4.78, 5) is 30.8. The highest BCUT2D eigenvalue weighted by atomic mass is 16.5. The second kappa shape index (κ2) is 8.90. The summed E-state index contributed by atoms with van der Waals surface area (Å²) in [6, 6.07) is 3.36. The first-order chi connectivity index (χ1) is 12.9. The van der Waals surface area contributed by atoms with E-state index < -0.39 is 11.9 Å². The lowest BCUT2D eigenvalue weighted by Gasteiger charge is -2.09. The number of rotatable bonds is 8. The molecule has 2 rings (SSSR count). The number of nitrogens with zero attached hydrogens (tertiary/aromatic N) is 4. The largest absolute Gasteiger partial charge is 0.462 e. The van der Waals surface area contributed by atoms with Gasteiger partial charge in [-0.3, -0.25) is 4.79 Å². The van der Waals surface area contributed by atoms with E-state index in [9.17, 15) is 9.59 Å². The number of aromatic nitrogens is 3. The molecule has 27 heavy (non-hydrogen) atoms. The van der Waals surface area contributed by atoms with Gasteiger partial charge < -0.3 is 25.7 Å². The van der Waals surface area contributed by atoms with Gasteiger partial charge in [-0.05, 0) is 19.9 Å². The first kappa shape index (κ1) is 20.0. The van der Waals surface area contributed by atoms with E-state index in [0.29, 0.717) is 17.3 Å². The van der Waals surface area contributed by atoms with Crippen LogP contribution in [0.3, 0.4) is 0 Å². The van der Waals surface area contributed by atoms with Crippen molar-refractivity contribution in [3.05, 3.63) is 29.6 Å². The number of nitrogens with two attached hydrogens (primary N) is 1. The third-order valence-electron chi connectivity index (χ3n) is 3.86. The maximum absolute atomic E-state index is 12.6. The molecule has 0 aromatic carbocycles. The van der Waals surface area contributed by atoms with Gasteiger partial charge >= 0.3 is 11.9 Å². The molecule has 0 unspecified atom stereocenters. The quantitative estimate of drug-likeness (QED) is 0.333. The predicted molar refractivity (Wildman–Crippen MR) is 101 cm³/mol. The van der Waals surface area contributed by atoms with Crippen molar-refractivity contribution < 1.29 is 19.6 Å². The van der Waals surface area contributed by atoms with Gasteiger partial charge in [-0.2, -0.15) is 4.98 Å². The molecule has 0 saturated carbocycles. The van der Waals surface area contributed by atoms with Crippen LogP contribution >= 0.6 is 0 Å². The monoisotopic (exact) mass is 374 g/mol. The Morgan fingerprint density at radius 1 is 1.44 bits per heavy atom. The number of carbonyl (C=O) groups excluding carboxylic acids is 2. The Kier molecular flexibility index (Phi) is 6.61. The Bertz CT molecular complexity index is 888. The molecule has 10 heteroatoms. The van der Waals surface area contributed by atoms with Gasteiger partial charge in [0.2, 0.25) is 11.6 Å². The van der Waals surface area contributed by atoms with Crippen molar-refractivity contribution in [2.24, 2.45) is 0 Å². The van der Waals surface area contributed by atoms with Crippen LogP contribution in [0.2, 0.25) is 0 Å². The van der Waals surface area contributed by atoms with Gasteiger partial charge in [0.05, 0.1) is 13.7 Å². The molecule has 0 aliphatic carbocycles. The van der Waals surface area contributed by atoms with Crippen molar-refractivity contribution >= 4 is 35.4 Å². The molecule has 0 aliphatic rings. The lowest BCUT2D eigenvalue weighted by Crippen LogP contribution is -2.80. The Morgan fingerprint density at radius 3 is 2.78 bits per heavy atom. The fourth-order valence-electron chi connectivity index (χ4n) is 2.31. The number of nitrogens with one attached hydrogen (secondary N) is 2. The summed E-state index contributed by atoms with van der Waals surface area (Å²) in [5.41, 5.74) is 1.04. The van der Waals surface area contributed by atoms with Crippen LogP contribution in [0.5, 0.6) is 0 Å². The fraction of sp³-hybridized carbons (Fsp3) is 0.353. The third-order valence-corrected chi connectivity index (χ3v) is 3.86. The minimum absolute atomic E-state index is 0.0659. The molecule has 0 bridgehead atoms. The molecule has 2 aromatic heterocycles. The van der Waals surface area contributed by atoms with Crippen molar-refractivity contribution in [2.45, 2.75) is 13.8 Å². The van der Waals surface area contributed by atoms with Gasteiger partial charge in [-0.25, -0.2) is 9.31 Å². The number of fused-ring (bicyclic) bond motifs is 1. The van der Waals surface area contributed by atoms with Crippen LogP contribution in [0.4, 0.5) is 11.6 Å². The highest BCUT2D eigenvalue weighted by molar-refractivity contribution is 6.16. The van der Waals surface area contributed by atoms with E-state index in [2.05, 4.69) is 15.4 Å². The summed E-state index contributed by atoms with van der Waals surface area (Å²) >= 11 is 0. The van der Waals surface area contributed by atoms with Crippen molar-refractivity contribution in [1.29, 1.82) is 5.41 Å². The zero-order valence-electron chi connectivity index (χ0n) is 15.8. The highest BCUT2D eigenvalue weighted by Crippen LogP contribution is 2.15. The molecule has 0 saturated heterocycles. The zero-order chi connectivity index (χ0) is 20.0. The average molecular weight is 374 g/mol. The molecule has 2 heterocycles. The molecule has 10 nitrogen and oxygen atoms in total. The zero-order valence-corrected chi connectivity index (χ0v) is 15.8. The highest BCUT2D eigenvalue weighted by Gasteiger charge is 2.24. The lowest BCUT2D eigenvalue weighted by atomic mass is 10.2. The Morgan fingerprint density at radius 2 is 2.19 bits per heavy atom. The van der Waals surface area contributed by atoms with E-state index in [1.54, 1.807) is 36.8 Å². The number of likely N-dealkylation sites (N-methyl/N-ethyl adjacent to an activating group) is 1. The number of carbonyl (C=O) groups is 2. The van der Waals surface area contributed by atoms with Gasteiger partial charge in [0, 0.05) is 37.8 Å². The standard InChI is InChI=1S/C17H23N7O3/c1-5-23(4)17-21-13-9-11(7-8-24(13)22-17)20-15(25)14(19-3)12(10-18)16(26)27-6-2/h7-10,18-19H,5-6H2,1-4H3,(H,20,25)/p+1/b14-12+,18-10?.